The van der Waals surface area contributed by atoms with Gasteiger partial charge >= 0.3 is 0 Å². The molecule has 0 unspecified atom stereocenters. The number of nitrogens with one attached hydrogen (secondary N) is 1. The Labute approximate surface area is 100 Å². The van der Waals surface area contributed by atoms with Gasteiger partial charge in [0.15, 0.2) is 0 Å². The SMILES string of the molecule is Cc1cc(Br)ccc1NS(=O)(=O)CBr. The predicted octanol–water partition coefficient (Wildman–Crippen LogP) is 2.85. The van der Waals surface area contributed by atoms with Crippen molar-refractivity contribution in [2.24, 2.45) is 0 Å². The highest BCUT2D eigenvalue weighted by Gasteiger charge is 2.09. The van der Waals surface area contributed by atoms with E-state index in [-0.39, 0.29) is 4.66 Å². The molecule has 0 aromatic heterocycles. The molecule has 0 bridgehead atoms. The molecule has 1 aromatic carbocycles. The van der Waals surface area contributed by atoms with E-state index in [1.807, 2.05) is 13.0 Å². The highest BCUT2D eigenvalue weighted by atomic mass is 79.9. The Bertz CT molecular complexity index is 431. The highest BCUT2D eigenvalue weighted by molar-refractivity contribution is 9.11. The van der Waals surface area contributed by atoms with Crippen LogP contribution in [0.25, 0.3) is 0 Å². The minimum Gasteiger partial charge on any atom is -0.283 e. The van der Waals surface area contributed by atoms with Crippen LogP contribution in [0, 0.1) is 6.92 Å². The standard InChI is InChI=1S/C8H9Br2NO2S/c1-6-4-7(10)2-3-8(6)11-14(12,13)5-9/h2-4,11H,5H2,1H3. The van der Waals surface area contributed by atoms with Gasteiger partial charge in [-0.1, -0.05) is 31.9 Å². The Morgan fingerprint density at radius 1 is 1.43 bits per heavy atom. The fourth-order valence-corrected chi connectivity index (χ4v) is 2.37. The summed E-state index contributed by atoms with van der Waals surface area (Å²) in [4.78, 5) is 0. The molecule has 0 amide bonds. The second kappa shape index (κ2) is 4.63. The Balaban J connectivity index is 2.99. The molecule has 0 atom stereocenters. The van der Waals surface area contributed by atoms with E-state index in [1.54, 1.807) is 12.1 Å². The Kier molecular flexibility index (Phi) is 3.97. The highest BCUT2D eigenvalue weighted by Crippen LogP contribution is 2.21. The lowest BCUT2D eigenvalue weighted by Crippen LogP contribution is -2.13. The summed E-state index contributed by atoms with van der Waals surface area (Å²) in [5.74, 6) is 0. The fraction of sp³-hybridized carbons (Fsp3) is 0.250. The lowest BCUT2D eigenvalue weighted by molar-refractivity contribution is 0.606. The van der Waals surface area contributed by atoms with Crippen molar-refractivity contribution in [2.75, 3.05) is 9.38 Å². The molecule has 1 rings (SSSR count). The van der Waals surface area contributed by atoms with Crippen molar-refractivity contribution in [1.29, 1.82) is 0 Å². The van der Waals surface area contributed by atoms with E-state index < -0.39 is 10.0 Å². The van der Waals surface area contributed by atoms with Crippen molar-refractivity contribution >= 4 is 47.6 Å². The number of hydrogen-bond donors (Lipinski definition) is 1. The normalized spacial score (nSPS) is 11.4. The lowest BCUT2D eigenvalue weighted by Gasteiger charge is -2.08. The maximum atomic E-state index is 11.2. The number of benzene rings is 1. The van der Waals surface area contributed by atoms with Crippen LogP contribution in [-0.4, -0.2) is 13.1 Å². The quantitative estimate of drug-likeness (QED) is 0.858. The number of alkyl halides is 1. The molecular weight excluding hydrogens is 334 g/mol. The minimum absolute atomic E-state index is 0.102. The van der Waals surface area contributed by atoms with Gasteiger partial charge in [0, 0.05) is 4.47 Å². The third kappa shape index (κ3) is 3.25. The number of anilines is 1. The molecule has 3 nitrogen and oxygen atoms in total. The van der Waals surface area contributed by atoms with Crippen molar-refractivity contribution in [3.05, 3.63) is 28.2 Å². The zero-order chi connectivity index (χ0) is 10.8. The second-order valence-corrected chi connectivity index (χ2v) is 6.73. The van der Waals surface area contributed by atoms with Crippen LogP contribution in [0.5, 0.6) is 0 Å². The molecule has 14 heavy (non-hydrogen) atoms. The molecule has 0 saturated heterocycles. The fourth-order valence-electron chi connectivity index (χ4n) is 0.936. The van der Waals surface area contributed by atoms with Crippen molar-refractivity contribution < 1.29 is 8.42 Å². The van der Waals surface area contributed by atoms with E-state index in [4.69, 9.17) is 0 Å². The first-order valence-corrected chi connectivity index (χ1v) is 7.34. The number of hydrogen-bond acceptors (Lipinski definition) is 2. The Morgan fingerprint density at radius 2 is 2.07 bits per heavy atom. The van der Waals surface area contributed by atoms with Crippen LogP contribution < -0.4 is 4.72 Å². The monoisotopic (exact) mass is 341 g/mol. The number of halogens is 2. The van der Waals surface area contributed by atoms with Crippen molar-refractivity contribution in [1.82, 2.24) is 0 Å². The smallest absolute Gasteiger partial charge is 0.242 e. The molecule has 0 aliphatic carbocycles. The van der Waals surface area contributed by atoms with Crippen molar-refractivity contribution in [2.45, 2.75) is 6.92 Å². The summed E-state index contributed by atoms with van der Waals surface area (Å²) >= 11 is 6.21. The third-order valence-corrected chi connectivity index (χ3v) is 4.72. The molecule has 0 spiro atoms. The van der Waals surface area contributed by atoms with E-state index in [0.717, 1.165) is 10.0 Å². The topological polar surface area (TPSA) is 46.2 Å². The maximum Gasteiger partial charge on any atom is 0.242 e. The molecule has 78 valence electrons. The van der Waals surface area contributed by atoms with Crippen LogP contribution in [0.15, 0.2) is 22.7 Å². The molecular formula is C8H9Br2NO2S. The van der Waals surface area contributed by atoms with Crippen LogP contribution in [0.1, 0.15) is 5.56 Å². The molecule has 0 radical (unpaired) electrons. The van der Waals surface area contributed by atoms with Crippen LogP contribution in [0.4, 0.5) is 5.69 Å². The predicted molar refractivity (Wildman–Crippen MR) is 65.2 cm³/mol. The maximum absolute atomic E-state index is 11.2. The molecule has 6 heteroatoms. The Hall–Kier alpha value is -0.0700. The molecule has 0 aliphatic rings. The molecule has 0 saturated carbocycles. The third-order valence-electron chi connectivity index (χ3n) is 1.60. The molecule has 0 heterocycles. The molecule has 1 N–H and O–H groups in total. The first kappa shape index (κ1) is 12.0. The van der Waals surface area contributed by atoms with Gasteiger partial charge in [0.25, 0.3) is 0 Å². The van der Waals surface area contributed by atoms with Gasteiger partial charge in [-0.25, -0.2) is 8.42 Å². The first-order chi connectivity index (χ1) is 6.44. The van der Waals surface area contributed by atoms with Gasteiger partial charge in [0.1, 0.15) is 4.66 Å². The van der Waals surface area contributed by atoms with Crippen molar-refractivity contribution in [3.8, 4) is 0 Å². The number of rotatable bonds is 3. The largest absolute Gasteiger partial charge is 0.283 e. The van der Waals surface area contributed by atoms with E-state index in [0.29, 0.717) is 5.69 Å². The summed E-state index contributed by atoms with van der Waals surface area (Å²) in [5.41, 5.74) is 1.48. The summed E-state index contributed by atoms with van der Waals surface area (Å²) < 4.78 is 25.8. The average Bonchev–Trinajstić information content (AvgIpc) is 2.10. The van der Waals surface area contributed by atoms with Gasteiger partial charge in [-0.3, -0.25) is 4.72 Å². The zero-order valence-corrected chi connectivity index (χ0v) is 11.4. The van der Waals surface area contributed by atoms with Gasteiger partial charge in [-0.05, 0) is 30.7 Å². The minimum atomic E-state index is -3.26. The van der Waals surface area contributed by atoms with Gasteiger partial charge < -0.3 is 0 Å². The lowest BCUT2D eigenvalue weighted by atomic mass is 10.2. The van der Waals surface area contributed by atoms with E-state index in [9.17, 15) is 8.42 Å². The van der Waals surface area contributed by atoms with Crippen molar-refractivity contribution in [3.63, 3.8) is 0 Å². The zero-order valence-electron chi connectivity index (χ0n) is 7.42. The van der Waals surface area contributed by atoms with E-state index >= 15 is 0 Å². The van der Waals surface area contributed by atoms with E-state index in [2.05, 4.69) is 36.6 Å². The summed E-state index contributed by atoms with van der Waals surface area (Å²) in [6.07, 6.45) is 0. The van der Waals surface area contributed by atoms with Gasteiger partial charge in [-0.2, -0.15) is 0 Å². The van der Waals surface area contributed by atoms with E-state index in [1.165, 1.54) is 0 Å². The number of sulfonamides is 1. The number of aryl methyl sites for hydroxylation is 1. The van der Waals surface area contributed by atoms with Crippen LogP contribution >= 0.6 is 31.9 Å². The Morgan fingerprint density at radius 3 is 2.57 bits per heavy atom. The van der Waals surface area contributed by atoms with Crippen LogP contribution in [0.3, 0.4) is 0 Å². The second-order valence-electron chi connectivity index (χ2n) is 2.79. The van der Waals surface area contributed by atoms with Crippen LogP contribution in [0.2, 0.25) is 0 Å². The van der Waals surface area contributed by atoms with Gasteiger partial charge in [0.05, 0.1) is 5.69 Å². The average molecular weight is 343 g/mol. The summed E-state index contributed by atoms with van der Waals surface area (Å²) in [5, 5.41) is 0. The van der Waals surface area contributed by atoms with Crippen LogP contribution in [-0.2, 0) is 10.0 Å². The van der Waals surface area contributed by atoms with Gasteiger partial charge in [-0.15, -0.1) is 0 Å². The summed E-state index contributed by atoms with van der Waals surface area (Å²) in [7, 11) is -3.26. The molecule has 0 aliphatic heterocycles. The summed E-state index contributed by atoms with van der Waals surface area (Å²) in [6, 6.07) is 5.37. The first-order valence-electron chi connectivity index (χ1n) is 3.77. The molecule has 0 fully saturated rings. The summed E-state index contributed by atoms with van der Waals surface area (Å²) in [6.45, 7) is 1.84. The van der Waals surface area contributed by atoms with Gasteiger partial charge in [0.2, 0.25) is 10.0 Å². The molecule has 1 aromatic rings.